The van der Waals surface area contributed by atoms with E-state index in [4.69, 9.17) is 0 Å². The summed E-state index contributed by atoms with van der Waals surface area (Å²) in [5, 5.41) is 2.42. The van der Waals surface area contributed by atoms with Crippen LogP contribution in [0.1, 0.15) is 11.3 Å². The standard InChI is InChI=1S/C24H19N3/c1-25-24(23-15-18-8-3-5-12-21(18)27-23)19-10-6-9-16(13-19)22-14-17-7-2-4-11-20(17)26-22/h2-15,26-27H,1H3/b25-24-. The van der Waals surface area contributed by atoms with Crippen molar-refractivity contribution in [3.8, 4) is 11.3 Å². The maximum Gasteiger partial charge on any atom is 0.0878 e. The summed E-state index contributed by atoms with van der Waals surface area (Å²) in [5.41, 5.74) is 7.64. The zero-order valence-corrected chi connectivity index (χ0v) is 15.0. The highest BCUT2D eigenvalue weighted by Crippen LogP contribution is 2.26. The molecule has 0 saturated heterocycles. The number of para-hydroxylation sites is 2. The summed E-state index contributed by atoms with van der Waals surface area (Å²) < 4.78 is 0. The first-order valence-electron chi connectivity index (χ1n) is 9.05. The number of aromatic amines is 2. The number of benzene rings is 3. The minimum atomic E-state index is 0.962. The van der Waals surface area contributed by atoms with Crippen LogP contribution in [0.4, 0.5) is 0 Å². The molecule has 0 aliphatic carbocycles. The minimum Gasteiger partial charge on any atom is -0.355 e. The van der Waals surface area contributed by atoms with Crippen LogP contribution in [0.15, 0.2) is 89.9 Å². The molecule has 0 aliphatic heterocycles. The van der Waals surface area contributed by atoms with Crippen molar-refractivity contribution in [2.45, 2.75) is 0 Å². The Hall–Kier alpha value is -3.59. The van der Waals surface area contributed by atoms with Crippen molar-refractivity contribution >= 4 is 27.5 Å². The molecule has 5 aromatic rings. The molecule has 0 bridgehead atoms. The molecule has 0 amide bonds. The highest BCUT2D eigenvalue weighted by molar-refractivity contribution is 6.14. The van der Waals surface area contributed by atoms with Crippen LogP contribution in [-0.4, -0.2) is 22.7 Å². The molecule has 0 atom stereocenters. The van der Waals surface area contributed by atoms with Crippen molar-refractivity contribution < 1.29 is 0 Å². The number of fused-ring (bicyclic) bond motifs is 2. The van der Waals surface area contributed by atoms with Crippen molar-refractivity contribution in [3.63, 3.8) is 0 Å². The lowest BCUT2D eigenvalue weighted by molar-refractivity contribution is 1.35. The van der Waals surface area contributed by atoms with Gasteiger partial charge >= 0.3 is 0 Å². The van der Waals surface area contributed by atoms with E-state index in [1.54, 1.807) is 0 Å². The SMILES string of the molecule is C/N=C(/c1cccc(-c2cc3ccccc3[nH]2)c1)c1cc2ccccc2[nH]1. The Morgan fingerprint density at radius 2 is 1.41 bits per heavy atom. The Balaban J connectivity index is 1.59. The molecule has 5 rings (SSSR count). The van der Waals surface area contributed by atoms with E-state index in [0.717, 1.165) is 39.3 Å². The Morgan fingerprint density at radius 1 is 0.704 bits per heavy atom. The number of H-pyrrole nitrogens is 2. The van der Waals surface area contributed by atoms with Gasteiger partial charge in [-0.15, -0.1) is 0 Å². The zero-order chi connectivity index (χ0) is 18.2. The Kier molecular flexibility index (Phi) is 3.65. The van der Waals surface area contributed by atoms with Crippen LogP contribution in [0.2, 0.25) is 0 Å². The quantitative estimate of drug-likeness (QED) is 0.388. The molecule has 27 heavy (non-hydrogen) atoms. The van der Waals surface area contributed by atoms with E-state index >= 15 is 0 Å². The molecule has 0 fully saturated rings. The highest BCUT2D eigenvalue weighted by Gasteiger charge is 2.11. The third-order valence-corrected chi connectivity index (χ3v) is 4.99. The lowest BCUT2D eigenvalue weighted by Gasteiger charge is -2.06. The first kappa shape index (κ1) is 15.6. The third-order valence-electron chi connectivity index (χ3n) is 4.99. The van der Waals surface area contributed by atoms with Crippen LogP contribution in [0.5, 0.6) is 0 Å². The van der Waals surface area contributed by atoms with E-state index in [-0.39, 0.29) is 0 Å². The van der Waals surface area contributed by atoms with Crippen LogP contribution >= 0.6 is 0 Å². The lowest BCUT2D eigenvalue weighted by Crippen LogP contribution is -2.03. The van der Waals surface area contributed by atoms with E-state index in [1.165, 1.54) is 10.8 Å². The number of aromatic nitrogens is 2. The summed E-state index contributed by atoms with van der Waals surface area (Å²) in [7, 11) is 1.84. The summed E-state index contributed by atoms with van der Waals surface area (Å²) in [5.74, 6) is 0. The first-order valence-corrected chi connectivity index (χ1v) is 9.05. The van der Waals surface area contributed by atoms with E-state index in [9.17, 15) is 0 Å². The van der Waals surface area contributed by atoms with Gasteiger partial charge in [0.15, 0.2) is 0 Å². The van der Waals surface area contributed by atoms with Gasteiger partial charge in [0.25, 0.3) is 0 Å². The normalized spacial score (nSPS) is 12.1. The van der Waals surface area contributed by atoms with Crippen LogP contribution < -0.4 is 0 Å². The van der Waals surface area contributed by atoms with Gasteiger partial charge in [-0.3, -0.25) is 4.99 Å². The van der Waals surface area contributed by atoms with Gasteiger partial charge in [0.2, 0.25) is 0 Å². The van der Waals surface area contributed by atoms with Gasteiger partial charge in [-0.25, -0.2) is 0 Å². The van der Waals surface area contributed by atoms with E-state index < -0.39 is 0 Å². The number of hydrogen-bond acceptors (Lipinski definition) is 1. The summed E-state index contributed by atoms with van der Waals surface area (Å²) >= 11 is 0. The second-order valence-electron chi connectivity index (χ2n) is 6.69. The fourth-order valence-electron chi connectivity index (χ4n) is 3.67. The molecule has 0 spiro atoms. The molecule has 0 aliphatic rings. The number of aliphatic imine (C=N–C) groups is 1. The minimum absolute atomic E-state index is 0.962. The van der Waals surface area contributed by atoms with Crippen molar-refractivity contribution in [2.24, 2.45) is 4.99 Å². The second-order valence-corrected chi connectivity index (χ2v) is 6.69. The summed E-state index contributed by atoms with van der Waals surface area (Å²) in [6.07, 6.45) is 0. The third kappa shape index (κ3) is 2.74. The van der Waals surface area contributed by atoms with Crippen LogP contribution in [0.3, 0.4) is 0 Å². The van der Waals surface area contributed by atoms with Crippen molar-refractivity contribution in [2.75, 3.05) is 7.05 Å². The molecular formula is C24H19N3. The molecule has 3 nitrogen and oxygen atoms in total. The van der Waals surface area contributed by atoms with Crippen LogP contribution in [0, 0.1) is 0 Å². The summed E-state index contributed by atoms with van der Waals surface area (Å²) in [6, 6.07) is 29.5. The van der Waals surface area contributed by atoms with E-state index in [1.807, 2.05) is 13.1 Å². The predicted octanol–water partition coefficient (Wildman–Crippen LogP) is 5.78. The maximum atomic E-state index is 4.58. The average molecular weight is 349 g/mol. The number of nitrogens with zero attached hydrogens (tertiary/aromatic N) is 1. The van der Waals surface area contributed by atoms with Crippen molar-refractivity contribution in [1.29, 1.82) is 0 Å². The molecular weight excluding hydrogens is 330 g/mol. The van der Waals surface area contributed by atoms with Gasteiger partial charge < -0.3 is 9.97 Å². The largest absolute Gasteiger partial charge is 0.355 e. The van der Waals surface area contributed by atoms with Gasteiger partial charge in [0, 0.05) is 40.1 Å². The second kappa shape index (κ2) is 6.29. The monoisotopic (exact) mass is 349 g/mol. The van der Waals surface area contributed by atoms with Crippen molar-refractivity contribution in [1.82, 2.24) is 9.97 Å². The Labute approximate surface area is 157 Å². The molecule has 3 heteroatoms. The van der Waals surface area contributed by atoms with Crippen LogP contribution in [0.25, 0.3) is 33.1 Å². The fraction of sp³-hybridized carbons (Fsp3) is 0.0417. The molecule has 2 heterocycles. The number of hydrogen-bond donors (Lipinski definition) is 2. The van der Waals surface area contributed by atoms with Gasteiger partial charge in [-0.2, -0.15) is 0 Å². The predicted molar refractivity (Wildman–Crippen MR) is 114 cm³/mol. The molecule has 2 N–H and O–H groups in total. The van der Waals surface area contributed by atoms with Gasteiger partial charge in [0.1, 0.15) is 0 Å². The Bertz CT molecular complexity index is 1220. The average Bonchev–Trinajstić information content (AvgIpc) is 3.33. The molecule has 2 aromatic heterocycles. The molecule has 3 aromatic carbocycles. The smallest absolute Gasteiger partial charge is 0.0878 e. The zero-order valence-electron chi connectivity index (χ0n) is 15.0. The van der Waals surface area contributed by atoms with E-state index in [0.29, 0.717) is 0 Å². The summed E-state index contributed by atoms with van der Waals surface area (Å²) in [4.78, 5) is 11.6. The molecule has 0 unspecified atom stereocenters. The fourth-order valence-corrected chi connectivity index (χ4v) is 3.67. The topological polar surface area (TPSA) is 43.9 Å². The number of rotatable bonds is 3. The van der Waals surface area contributed by atoms with Crippen molar-refractivity contribution in [3.05, 3.63) is 96.2 Å². The first-order chi connectivity index (χ1) is 13.3. The van der Waals surface area contributed by atoms with Gasteiger partial charge in [0.05, 0.1) is 11.4 Å². The van der Waals surface area contributed by atoms with Crippen LogP contribution in [-0.2, 0) is 0 Å². The Morgan fingerprint density at radius 3 is 2.11 bits per heavy atom. The molecule has 130 valence electrons. The van der Waals surface area contributed by atoms with E-state index in [2.05, 4.69) is 93.8 Å². The maximum absolute atomic E-state index is 4.58. The van der Waals surface area contributed by atoms with Gasteiger partial charge in [-0.05, 0) is 35.9 Å². The summed E-state index contributed by atoms with van der Waals surface area (Å²) in [6.45, 7) is 0. The highest BCUT2D eigenvalue weighted by atomic mass is 14.8. The van der Waals surface area contributed by atoms with Gasteiger partial charge in [-0.1, -0.05) is 54.6 Å². The molecule has 0 radical (unpaired) electrons. The lowest BCUT2D eigenvalue weighted by atomic mass is 10.0. The molecule has 0 saturated carbocycles. The number of nitrogens with one attached hydrogen (secondary N) is 2.